The number of rotatable bonds is 2. The van der Waals surface area contributed by atoms with Gasteiger partial charge in [0, 0.05) is 51.3 Å². The second kappa shape index (κ2) is 6.01. The van der Waals surface area contributed by atoms with Gasteiger partial charge in [0.25, 0.3) is 0 Å². The van der Waals surface area contributed by atoms with Crippen LogP contribution in [-0.2, 0) is 37.1 Å². The Kier molecular flexibility index (Phi) is 6.21. The average molecular weight is 374 g/mol. The van der Waals surface area contributed by atoms with Crippen LogP contribution in [0.15, 0.2) is 0 Å². The van der Waals surface area contributed by atoms with Crippen molar-refractivity contribution in [3.63, 3.8) is 0 Å². The van der Waals surface area contributed by atoms with Gasteiger partial charge in [0.2, 0.25) is 0 Å². The number of piperidine rings is 1. The third kappa shape index (κ3) is 3.98. The molecule has 0 aliphatic carbocycles. The van der Waals surface area contributed by atoms with Crippen molar-refractivity contribution in [2.24, 2.45) is 5.92 Å². The molecular formula is C7H12NO3SW-. The van der Waals surface area contributed by atoms with E-state index in [0.717, 1.165) is 12.8 Å². The van der Waals surface area contributed by atoms with Crippen LogP contribution in [0, 0.1) is 5.92 Å². The van der Waals surface area contributed by atoms with E-state index in [-0.39, 0.29) is 32.8 Å². The smallest absolute Gasteiger partial charge is 0.134 e. The molecule has 0 N–H and O–H groups in total. The zero-order valence-corrected chi connectivity index (χ0v) is 11.1. The fourth-order valence-electron chi connectivity index (χ4n) is 1.41. The van der Waals surface area contributed by atoms with E-state index in [1.165, 1.54) is 11.2 Å². The molecule has 13 heavy (non-hydrogen) atoms. The number of Topliss-reactive ketones (excluding diaryl/α,β-unsaturated/α-hetero) is 1. The summed E-state index contributed by atoms with van der Waals surface area (Å²) in [4.78, 5) is 10.9. The molecule has 0 bridgehead atoms. The Morgan fingerprint density at radius 2 is 2.23 bits per heavy atom. The summed E-state index contributed by atoms with van der Waals surface area (Å²) >= 11 is -2.16. The zero-order chi connectivity index (χ0) is 9.14. The Labute approximate surface area is 94.7 Å². The Bertz CT molecular complexity index is 192. The first-order chi connectivity index (χ1) is 5.61. The molecule has 4 nitrogen and oxygen atoms in total. The largest absolute Gasteiger partial charge is 0.760 e. The maximum atomic E-state index is 10.9. The number of carbonyl (C=O) groups is 1. The molecule has 1 saturated heterocycles. The Hall–Kier alpha value is 0.428. The molecule has 0 spiro atoms. The molecule has 1 aliphatic heterocycles. The van der Waals surface area contributed by atoms with Gasteiger partial charge in [0.05, 0.1) is 0 Å². The Morgan fingerprint density at radius 1 is 1.62 bits per heavy atom. The number of hydrogen-bond acceptors (Lipinski definition) is 3. The second-order valence-corrected chi connectivity index (χ2v) is 4.01. The van der Waals surface area contributed by atoms with Gasteiger partial charge < -0.3 is 4.55 Å². The van der Waals surface area contributed by atoms with Crippen LogP contribution in [0.1, 0.15) is 19.8 Å². The van der Waals surface area contributed by atoms with Crippen molar-refractivity contribution in [1.29, 1.82) is 0 Å². The van der Waals surface area contributed by atoms with E-state index in [9.17, 15) is 13.6 Å². The van der Waals surface area contributed by atoms with Crippen molar-refractivity contribution < 1.29 is 34.6 Å². The predicted molar refractivity (Wildman–Crippen MR) is 43.9 cm³/mol. The maximum absolute atomic E-state index is 10.9. The van der Waals surface area contributed by atoms with Gasteiger partial charge in [-0.15, -0.1) is 0 Å². The van der Waals surface area contributed by atoms with Crippen LogP contribution in [0.3, 0.4) is 0 Å². The van der Waals surface area contributed by atoms with Gasteiger partial charge >= 0.3 is 0 Å². The molecule has 2 atom stereocenters. The molecule has 76 valence electrons. The molecule has 1 heterocycles. The summed E-state index contributed by atoms with van der Waals surface area (Å²) in [6, 6.07) is 0. The molecule has 1 fully saturated rings. The molecule has 0 radical (unpaired) electrons. The molecule has 0 aromatic rings. The van der Waals surface area contributed by atoms with Crippen molar-refractivity contribution in [2.75, 3.05) is 13.1 Å². The van der Waals surface area contributed by atoms with Crippen LogP contribution in [0.2, 0.25) is 0 Å². The maximum Gasteiger partial charge on any atom is 0.134 e. The van der Waals surface area contributed by atoms with Crippen molar-refractivity contribution in [3.05, 3.63) is 0 Å². The van der Waals surface area contributed by atoms with Crippen molar-refractivity contribution in [3.8, 4) is 0 Å². The minimum atomic E-state index is -2.16. The molecule has 2 unspecified atom stereocenters. The average Bonchev–Trinajstić information content (AvgIpc) is 2.04. The quantitative estimate of drug-likeness (QED) is 0.644. The van der Waals surface area contributed by atoms with E-state index in [1.807, 2.05) is 0 Å². The van der Waals surface area contributed by atoms with Crippen molar-refractivity contribution >= 4 is 17.0 Å². The van der Waals surface area contributed by atoms with Crippen molar-refractivity contribution in [1.82, 2.24) is 4.31 Å². The molecule has 0 amide bonds. The summed E-state index contributed by atoms with van der Waals surface area (Å²) < 4.78 is 22.4. The summed E-state index contributed by atoms with van der Waals surface area (Å²) in [6.07, 6.45) is 1.61. The third-order valence-electron chi connectivity index (χ3n) is 2.17. The minimum absolute atomic E-state index is 0. The van der Waals surface area contributed by atoms with Crippen LogP contribution < -0.4 is 0 Å². The zero-order valence-electron chi connectivity index (χ0n) is 7.39. The van der Waals surface area contributed by atoms with Crippen LogP contribution in [0.5, 0.6) is 0 Å². The number of carbonyl (C=O) groups excluding carboxylic acids is 1. The minimum Gasteiger partial charge on any atom is -0.760 e. The van der Waals surface area contributed by atoms with Gasteiger partial charge in [-0.3, -0.25) is 9.00 Å². The predicted octanol–water partition coefficient (Wildman–Crippen LogP) is 0.0790. The molecule has 1 rings (SSSR count). The molecule has 0 saturated carbocycles. The van der Waals surface area contributed by atoms with Crippen LogP contribution in [-0.4, -0.2) is 31.9 Å². The van der Waals surface area contributed by atoms with E-state index in [1.54, 1.807) is 0 Å². The Morgan fingerprint density at radius 3 is 2.69 bits per heavy atom. The molecule has 0 aromatic carbocycles. The monoisotopic (exact) mass is 374 g/mol. The summed E-state index contributed by atoms with van der Waals surface area (Å²) in [5, 5.41) is 0. The number of hydrogen-bond donors (Lipinski definition) is 0. The SMILES string of the molecule is CC(=O)C1CCCN(S(=O)[O-])C1.[W]. The normalized spacial score (nSPS) is 26.2. The fraction of sp³-hybridized carbons (Fsp3) is 0.857. The summed E-state index contributed by atoms with van der Waals surface area (Å²) in [5.74, 6) is 0.00167. The molecular weight excluding hydrogens is 362 g/mol. The summed E-state index contributed by atoms with van der Waals surface area (Å²) in [5.41, 5.74) is 0. The van der Waals surface area contributed by atoms with E-state index in [0.29, 0.717) is 13.1 Å². The van der Waals surface area contributed by atoms with E-state index in [4.69, 9.17) is 0 Å². The van der Waals surface area contributed by atoms with Gasteiger partial charge in [-0.05, 0) is 19.8 Å². The molecule has 1 aliphatic rings. The van der Waals surface area contributed by atoms with Gasteiger partial charge in [-0.25, -0.2) is 4.31 Å². The topological polar surface area (TPSA) is 60.4 Å². The number of ketones is 1. The first-order valence-corrected chi connectivity index (χ1v) is 4.99. The standard InChI is InChI=1S/C7H13NO3S.W/c1-6(9)7-3-2-4-8(5-7)12(10)11;/h7H,2-5H2,1H3,(H,10,11);/p-1. The van der Waals surface area contributed by atoms with Crippen LogP contribution in [0.4, 0.5) is 0 Å². The van der Waals surface area contributed by atoms with Gasteiger partial charge in [0.15, 0.2) is 0 Å². The second-order valence-electron chi connectivity index (χ2n) is 3.05. The van der Waals surface area contributed by atoms with Crippen LogP contribution >= 0.6 is 0 Å². The molecule has 0 aromatic heterocycles. The van der Waals surface area contributed by atoms with Gasteiger partial charge in [0.1, 0.15) is 5.78 Å². The van der Waals surface area contributed by atoms with E-state index in [2.05, 4.69) is 0 Å². The Balaban J connectivity index is 0.00000144. The van der Waals surface area contributed by atoms with E-state index < -0.39 is 11.3 Å². The van der Waals surface area contributed by atoms with Gasteiger partial charge in [-0.2, -0.15) is 0 Å². The first-order valence-electron chi connectivity index (χ1n) is 3.96. The van der Waals surface area contributed by atoms with E-state index >= 15 is 0 Å². The molecule has 6 heteroatoms. The van der Waals surface area contributed by atoms with Gasteiger partial charge in [-0.1, -0.05) is 0 Å². The first kappa shape index (κ1) is 13.4. The summed E-state index contributed by atoms with van der Waals surface area (Å²) in [6.45, 7) is 2.44. The number of nitrogens with zero attached hydrogens (tertiary/aromatic N) is 1. The van der Waals surface area contributed by atoms with Crippen LogP contribution in [0.25, 0.3) is 0 Å². The summed E-state index contributed by atoms with van der Waals surface area (Å²) in [7, 11) is 0. The third-order valence-corrected chi connectivity index (χ3v) is 2.92. The van der Waals surface area contributed by atoms with Crippen molar-refractivity contribution in [2.45, 2.75) is 19.8 Å². The fourth-order valence-corrected chi connectivity index (χ4v) is 1.99.